The van der Waals surface area contributed by atoms with E-state index in [9.17, 15) is 9.59 Å². The number of carbonyl (C=O) groups is 1. The molecule has 0 atom stereocenters. The van der Waals surface area contributed by atoms with Gasteiger partial charge in [0.1, 0.15) is 4.83 Å². The minimum Gasteiger partial charge on any atom is -0.465 e. The Morgan fingerprint density at radius 1 is 1.64 bits per heavy atom. The number of H-pyrrole nitrogens is 1. The molecule has 0 spiro atoms. The standard InChI is InChI=1S/C8H6N2O3S/c1-13-8(12)4-2-14-7-5(4)6(11)9-3-10-7/h2-3H,1H3,(H,9,10,11). The maximum atomic E-state index is 11.4. The molecule has 0 aliphatic rings. The lowest BCUT2D eigenvalue weighted by molar-refractivity contribution is 0.0603. The summed E-state index contributed by atoms with van der Waals surface area (Å²) >= 11 is 1.24. The van der Waals surface area contributed by atoms with Crippen molar-refractivity contribution in [2.45, 2.75) is 0 Å². The molecule has 0 fully saturated rings. The third-order valence-electron chi connectivity index (χ3n) is 1.78. The van der Waals surface area contributed by atoms with Gasteiger partial charge in [-0.3, -0.25) is 4.79 Å². The number of nitrogens with one attached hydrogen (secondary N) is 1. The summed E-state index contributed by atoms with van der Waals surface area (Å²) in [6.07, 6.45) is 1.31. The summed E-state index contributed by atoms with van der Waals surface area (Å²) in [5.41, 5.74) is -0.0569. The van der Waals surface area contributed by atoms with E-state index in [-0.39, 0.29) is 11.1 Å². The number of nitrogens with zero attached hydrogens (tertiary/aromatic N) is 1. The molecule has 0 amide bonds. The molecule has 6 heteroatoms. The van der Waals surface area contributed by atoms with Gasteiger partial charge in [-0.15, -0.1) is 11.3 Å². The van der Waals surface area contributed by atoms with Crippen LogP contribution in [0, 0.1) is 0 Å². The highest BCUT2D eigenvalue weighted by atomic mass is 32.1. The predicted octanol–water partition coefficient (Wildman–Crippen LogP) is 0.771. The fourth-order valence-corrected chi connectivity index (χ4v) is 2.02. The van der Waals surface area contributed by atoms with Crippen molar-refractivity contribution >= 4 is 27.5 Å². The maximum absolute atomic E-state index is 11.4. The smallest absolute Gasteiger partial charge is 0.339 e. The number of esters is 1. The molecule has 1 N–H and O–H groups in total. The fraction of sp³-hybridized carbons (Fsp3) is 0.125. The van der Waals surface area contributed by atoms with E-state index in [2.05, 4.69) is 14.7 Å². The number of thiophene rings is 1. The van der Waals surface area contributed by atoms with E-state index in [0.717, 1.165) is 0 Å². The summed E-state index contributed by atoms with van der Waals surface area (Å²) in [4.78, 5) is 29.5. The molecule has 72 valence electrons. The van der Waals surface area contributed by atoms with Crippen LogP contribution in [-0.4, -0.2) is 23.0 Å². The Morgan fingerprint density at radius 2 is 2.43 bits per heavy atom. The number of carbonyl (C=O) groups excluding carboxylic acids is 1. The van der Waals surface area contributed by atoms with Gasteiger partial charge in [0.2, 0.25) is 0 Å². The molecule has 2 aromatic rings. The number of fused-ring (bicyclic) bond motifs is 1. The van der Waals surface area contributed by atoms with Crippen LogP contribution in [-0.2, 0) is 4.74 Å². The minimum atomic E-state index is -0.519. The van der Waals surface area contributed by atoms with Crippen molar-refractivity contribution in [3.63, 3.8) is 0 Å². The molecule has 2 aromatic heterocycles. The molecule has 0 radical (unpaired) electrons. The summed E-state index contributed by atoms with van der Waals surface area (Å²) in [5.74, 6) is -0.519. The van der Waals surface area contributed by atoms with E-state index in [1.54, 1.807) is 5.38 Å². The largest absolute Gasteiger partial charge is 0.465 e. The molecule has 0 bridgehead atoms. The summed E-state index contributed by atoms with van der Waals surface area (Å²) in [6, 6.07) is 0. The van der Waals surface area contributed by atoms with Crippen LogP contribution < -0.4 is 5.56 Å². The Morgan fingerprint density at radius 3 is 3.14 bits per heavy atom. The van der Waals surface area contributed by atoms with Gasteiger partial charge in [0, 0.05) is 5.38 Å². The Balaban J connectivity index is 2.80. The average molecular weight is 210 g/mol. The molecule has 14 heavy (non-hydrogen) atoms. The Kier molecular flexibility index (Phi) is 2.05. The average Bonchev–Trinajstić information content (AvgIpc) is 2.62. The van der Waals surface area contributed by atoms with E-state index < -0.39 is 5.97 Å². The number of hydrogen-bond donors (Lipinski definition) is 1. The van der Waals surface area contributed by atoms with Crippen molar-refractivity contribution in [2.75, 3.05) is 7.11 Å². The van der Waals surface area contributed by atoms with Crippen LogP contribution in [0.15, 0.2) is 16.5 Å². The van der Waals surface area contributed by atoms with E-state index in [0.29, 0.717) is 10.2 Å². The van der Waals surface area contributed by atoms with Gasteiger partial charge in [0.05, 0.1) is 24.4 Å². The van der Waals surface area contributed by atoms with E-state index in [1.807, 2.05) is 0 Å². The lowest BCUT2D eigenvalue weighted by Gasteiger charge is -1.94. The highest BCUT2D eigenvalue weighted by Crippen LogP contribution is 2.20. The number of rotatable bonds is 1. The first kappa shape index (κ1) is 8.89. The predicted molar refractivity (Wildman–Crippen MR) is 51.6 cm³/mol. The number of aromatic amines is 1. The molecule has 0 aliphatic carbocycles. The quantitative estimate of drug-likeness (QED) is 0.706. The monoisotopic (exact) mass is 210 g/mol. The molecule has 5 nitrogen and oxygen atoms in total. The van der Waals surface area contributed by atoms with Crippen LogP contribution in [0.2, 0.25) is 0 Å². The Bertz CT molecular complexity index is 543. The SMILES string of the molecule is COC(=O)c1csc2nc[nH]c(=O)c12. The second kappa shape index (κ2) is 3.22. The van der Waals surface area contributed by atoms with Gasteiger partial charge in [-0.2, -0.15) is 0 Å². The topological polar surface area (TPSA) is 72.0 Å². The van der Waals surface area contributed by atoms with Crippen LogP contribution in [0.1, 0.15) is 10.4 Å². The first-order chi connectivity index (χ1) is 6.74. The normalized spacial score (nSPS) is 10.4. The molecule has 0 unspecified atom stereocenters. The number of methoxy groups -OCH3 is 1. The van der Waals surface area contributed by atoms with Gasteiger partial charge >= 0.3 is 5.97 Å². The summed E-state index contributed by atoms with van der Waals surface area (Å²) in [6.45, 7) is 0. The zero-order valence-electron chi connectivity index (χ0n) is 7.23. The van der Waals surface area contributed by atoms with E-state index in [4.69, 9.17) is 0 Å². The van der Waals surface area contributed by atoms with Crippen molar-refractivity contribution in [1.82, 2.24) is 9.97 Å². The fourth-order valence-electron chi connectivity index (χ4n) is 1.14. The summed E-state index contributed by atoms with van der Waals surface area (Å²) in [7, 11) is 1.27. The minimum absolute atomic E-state index is 0.266. The van der Waals surface area contributed by atoms with Gasteiger partial charge in [-0.25, -0.2) is 9.78 Å². The molecule has 0 aliphatic heterocycles. The van der Waals surface area contributed by atoms with E-state index in [1.165, 1.54) is 24.8 Å². The first-order valence-electron chi connectivity index (χ1n) is 3.77. The number of ether oxygens (including phenoxy) is 1. The van der Waals surface area contributed by atoms with Crippen LogP contribution in [0.25, 0.3) is 10.2 Å². The lowest BCUT2D eigenvalue weighted by Crippen LogP contribution is -2.10. The van der Waals surface area contributed by atoms with Crippen molar-refractivity contribution in [3.05, 3.63) is 27.6 Å². The number of hydrogen-bond acceptors (Lipinski definition) is 5. The summed E-state index contributed by atoms with van der Waals surface area (Å²) in [5, 5.41) is 1.86. The highest BCUT2D eigenvalue weighted by Gasteiger charge is 2.15. The Labute approximate surface area is 82.4 Å². The molecular formula is C8H6N2O3S. The molecule has 2 rings (SSSR count). The van der Waals surface area contributed by atoms with Crippen LogP contribution >= 0.6 is 11.3 Å². The van der Waals surface area contributed by atoms with Crippen molar-refractivity contribution in [2.24, 2.45) is 0 Å². The summed E-state index contributed by atoms with van der Waals surface area (Å²) < 4.78 is 4.54. The second-order valence-electron chi connectivity index (χ2n) is 2.55. The van der Waals surface area contributed by atoms with Crippen molar-refractivity contribution < 1.29 is 9.53 Å². The molecule has 0 saturated carbocycles. The Hall–Kier alpha value is -1.69. The van der Waals surface area contributed by atoms with Gasteiger partial charge in [-0.1, -0.05) is 0 Å². The van der Waals surface area contributed by atoms with Crippen molar-refractivity contribution in [1.29, 1.82) is 0 Å². The third kappa shape index (κ3) is 1.20. The maximum Gasteiger partial charge on any atom is 0.339 e. The van der Waals surface area contributed by atoms with E-state index >= 15 is 0 Å². The lowest BCUT2D eigenvalue weighted by atomic mass is 10.2. The van der Waals surface area contributed by atoms with Crippen molar-refractivity contribution in [3.8, 4) is 0 Å². The van der Waals surface area contributed by atoms with Gasteiger partial charge in [0.15, 0.2) is 0 Å². The zero-order chi connectivity index (χ0) is 10.1. The number of aromatic nitrogens is 2. The molecule has 0 saturated heterocycles. The van der Waals surface area contributed by atoms with Crippen LogP contribution in [0.3, 0.4) is 0 Å². The van der Waals surface area contributed by atoms with Crippen LogP contribution in [0.4, 0.5) is 0 Å². The van der Waals surface area contributed by atoms with Gasteiger partial charge in [-0.05, 0) is 0 Å². The van der Waals surface area contributed by atoms with Gasteiger partial charge < -0.3 is 9.72 Å². The second-order valence-corrected chi connectivity index (χ2v) is 3.41. The third-order valence-corrected chi connectivity index (χ3v) is 2.67. The highest BCUT2D eigenvalue weighted by molar-refractivity contribution is 7.17. The van der Waals surface area contributed by atoms with Crippen LogP contribution in [0.5, 0.6) is 0 Å². The molecule has 2 heterocycles. The first-order valence-corrected chi connectivity index (χ1v) is 4.65. The van der Waals surface area contributed by atoms with Gasteiger partial charge in [0.25, 0.3) is 5.56 Å². The molecular weight excluding hydrogens is 204 g/mol. The molecule has 0 aromatic carbocycles. The zero-order valence-corrected chi connectivity index (χ0v) is 8.05.